The molecule has 0 bridgehead atoms. The van der Waals surface area contributed by atoms with Gasteiger partial charge in [-0.25, -0.2) is 0 Å². The Hall–Kier alpha value is -1.71. The molecular formula is C15H16ClNO2. The molecule has 0 aliphatic heterocycles. The van der Waals surface area contributed by atoms with E-state index in [0.717, 1.165) is 16.9 Å². The van der Waals surface area contributed by atoms with Gasteiger partial charge in [0.1, 0.15) is 12.4 Å². The summed E-state index contributed by atoms with van der Waals surface area (Å²) in [5.41, 5.74) is 8.35. The molecule has 0 fully saturated rings. The molecule has 0 radical (unpaired) electrons. The van der Waals surface area contributed by atoms with Crippen molar-refractivity contribution in [3.8, 4) is 5.75 Å². The van der Waals surface area contributed by atoms with E-state index in [9.17, 15) is 0 Å². The summed E-state index contributed by atoms with van der Waals surface area (Å²) in [6.07, 6.45) is 0. The number of rotatable bonds is 5. The third kappa shape index (κ3) is 3.88. The number of hydrogen-bond acceptors (Lipinski definition) is 3. The van der Waals surface area contributed by atoms with Crippen LogP contribution in [0.5, 0.6) is 5.75 Å². The first-order valence-corrected chi connectivity index (χ1v) is 6.31. The van der Waals surface area contributed by atoms with E-state index in [0.29, 0.717) is 23.9 Å². The van der Waals surface area contributed by atoms with Gasteiger partial charge in [0.25, 0.3) is 0 Å². The Bertz CT molecular complexity index is 558. The summed E-state index contributed by atoms with van der Waals surface area (Å²) < 4.78 is 10.8. The zero-order chi connectivity index (χ0) is 13.7. The molecular weight excluding hydrogens is 262 g/mol. The summed E-state index contributed by atoms with van der Waals surface area (Å²) in [6, 6.07) is 13.1. The highest BCUT2D eigenvalue weighted by molar-refractivity contribution is 6.31. The number of ether oxygens (including phenoxy) is 2. The molecule has 0 heterocycles. The van der Waals surface area contributed by atoms with E-state index in [4.69, 9.17) is 26.8 Å². The molecule has 100 valence electrons. The molecule has 0 aliphatic rings. The normalized spacial score (nSPS) is 10.4. The van der Waals surface area contributed by atoms with Gasteiger partial charge in [0.05, 0.1) is 6.61 Å². The van der Waals surface area contributed by atoms with E-state index in [-0.39, 0.29) is 0 Å². The molecule has 2 rings (SSSR count). The summed E-state index contributed by atoms with van der Waals surface area (Å²) in [5, 5.41) is 0.655. The van der Waals surface area contributed by atoms with Gasteiger partial charge in [-0.15, -0.1) is 0 Å². The van der Waals surface area contributed by atoms with Crippen molar-refractivity contribution in [1.29, 1.82) is 0 Å². The van der Waals surface area contributed by atoms with Crippen LogP contribution >= 0.6 is 11.6 Å². The summed E-state index contributed by atoms with van der Waals surface area (Å²) in [5.74, 6) is 0.785. The van der Waals surface area contributed by atoms with Crippen LogP contribution in [0.1, 0.15) is 11.1 Å². The quantitative estimate of drug-likeness (QED) is 0.849. The Morgan fingerprint density at radius 1 is 1.11 bits per heavy atom. The molecule has 19 heavy (non-hydrogen) atoms. The number of halogens is 1. The Labute approximate surface area is 117 Å². The van der Waals surface area contributed by atoms with Gasteiger partial charge in [-0.05, 0) is 35.9 Å². The fourth-order valence-electron chi connectivity index (χ4n) is 1.76. The fourth-order valence-corrected chi connectivity index (χ4v) is 1.93. The molecule has 2 aromatic carbocycles. The number of anilines is 1. The van der Waals surface area contributed by atoms with Crippen LogP contribution in [0, 0.1) is 0 Å². The Balaban J connectivity index is 2.05. The molecule has 0 aliphatic carbocycles. The minimum absolute atomic E-state index is 0.389. The number of nitrogen functional groups attached to an aromatic ring is 1. The van der Waals surface area contributed by atoms with Crippen molar-refractivity contribution in [2.75, 3.05) is 12.8 Å². The third-order valence-corrected chi connectivity index (χ3v) is 3.04. The van der Waals surface area contributed by atoms with Crippen molar-refractivity contribution in [1.82, 2.24) is 0 Å². The Kier molecular flexibility index (Phi) is 4.66. The first-order chi connectivity index (χ1) is 9.19. The molecule has 2 aromatic rings. The second-order valence-corrected chi connectivity index (χ2v) is 4.63. The maximum absolute atomic E-state index is 6.09. The zero-order valence-electron chi connectivity index (χ0n) is 10.7. The standard InChI is InChI=1S/C15H16ClNO2/c1-18-9-11-3-2-4-14(7-11)19-10-12-8-13(17)5-6-15(12)16/h2-8H,9-10,17H2,1H3. The highest BCUT2D eigenvalue weighted by Gasteiger charge is 2.03. The number of benzene rings is 2. The molecule has 0 saturated heterocycles. The van der Waals surface area contributed by atoms with E-state index in [1.54, 1.807) is 19.2 Å². The molecule has 0 unspecified atom stereocenters. The first-order valence-electron chi connectivity index (χ1n) is 5.93. The molecule has 0 atom stereocenters. The van der Waals surface area contributed by atoms with E-state index >= 15 is 0 Å². The molecule has 0 amide bonds. The van der Waals surface area contributed by atoms with Gasteiger partial charge in [0, 0.05) is 23.4 Å². The Morgan fingerprint density at radius 2 is 1.95 bits per heavy atom. The van der Waals surface area contributed by atoms with Crippen LogP contribution in [0.3, 0.4) is 0 Å². The predicted molar refractivity (Wildman–Crippen MR) is 77.4 cm³/mol. The van der Waals surface area contributed by atoms with Crippen molar-refractivity contribution in [2.24, 2.45) is 0 Å². The zero-order valence-corrected chi connectivity index (χ0v) is 11.5. The van der Waals surface area contributed by atoms with E-state index in [1.807, 2.05) is 30.3 Å². The van der Waals surface area contributed by atoms with Crippen molar-refractivity contribution in [2.45, 2.75) is 13.2 Å². The summed E-state index contributed by atoms with van der Waals surface area (Å²) in [4.78, 5) is 0. The molecule has 4 heteroatoms. The number of methoxy groups -OCH3 is 1. The topological polar surface area (TPSA) is 44.5 Å². The molecule has 2 N–H and O–H groups in total. The lowest BCUT2D eigenvalue weighted by molar-refractivity contribution is 0.184. The fraction of sp³-hybridized carbons (Fsp3) is 0.200. The van der Waals surface area contributed by atoms with E-state index in [1.165, 1.54) is 0 Å². The average molecular weight is 278 g/mol. The largest absolute Gasteiger partial charge is 0.489 e. The lowest BCUT2D eigenvalue weighted by atomic mass is 10.2. The summed E-state index contributed by atoms with van der Waals surface area (Å²) in [6.45, 7) is 0.955. The van der Waals surface area contributed by atoms with Gasteiger partial charge in [-0.3, -0.25) is 0 Å². The minimum atomic E-state index is 0.389. The number of nitrogens with two attached hydrogens (primary N) is 1. The summed E-state index contributed by atoms with van der Waals surface area (Å²) in [7, 11) is 1.67. The highest BCUT2D eigenvalue weighted by Crippen LogP contribution is 2.21. The Morgan fingerprint density at radius 3 is 2.74 bits per heavy atom. The van der Waals surface area contributed by atoms with Gasteiger partial charge in [0.2, 0.25) is 0 Å². The van der Waals surface area contributed by atoms with Crippen molar-refractivity contribution in [3.63, 3.8) is 0 Å². The van der Waals surface area contributed by atoms with Crippen LogP contribution in [0.2, 0.25) is 5.02 Å². The monoisotopic (exact) mass is 277 g/mol. The summed E-state index contributed by atoms with van der Waals surface area (Å²) >= 11 is 6.09. The SMILES string of the molecule is COCc1cccc(OCc2cc(N)ccc2Cl)c1. The van der Waals surface area contributed by atoms with E-state index in [2.05, 4.69) is 0 Å². The maximum Gasteiger partial charge on any atom is 0.120 e. The van der Waals surface area contributed by atoms with Gasteiger partial charge in [-0.1, -0.05) is 23.7 Å². The van der Waals surface area contributed by atoms with Gasteiger partial charge >= 0.3 is 0 Å². The lowest BCUT2D eigenvalue weighted by Gasteiger charge is -2.09. The number of hydrogen-bond donors (Lipinski definition) is 1. The average Bonchev–Trinajstić information content (AvgIpc) is 2.41. The highest BCUT2D eigenvalue weighted by atomic mass is 35.5. The second-order valence-electron chi connectivity index (χ2n) is 4.22. The van der Waals surface area contributed by atoms with Crippen molar-refractivity contribution >= 4 is 17.3 Å². The third-order valence-electron chi connectivity index (χ3n) is 2.67. The molecule has 0 saturated carbocycles. The second kappa shape index (κ2) is 6.45. The molecule has 0 aromatic heterocycles. The minimum Gasteiger partial charge on any atom is -0.489 e. The van der Waals surface area contributed by atoms with Crippen molar-refractivity contribution < 1.29 is 9.47 Å². The predicted octanol–water partition coefficient (Wildman–Crippen LogP) is 3.65. The smallest absolute Gasteiger partial charge is 0.120 e. The van der Waals surface area contributed by atoms with Gasteiger partial charge in [-0.2, -0.15) is 0 Å². The van der Waals surface area contributed by atoms with Crippen LogP contribution in [-0.2, 0) is 18.0 Å². The molecule has 0 spiro atoms. The van der Waals surface area contributed by atoms with Crippen molar-refractivity contribution in [3.05, 3.63) is 58.6 Å². The molecule has 3 nitrogen and oxygen atoms in total. The maximum atomic E-state index is 6.09. The van der Waals surface area contributed by atoms with Crippen LogP contribution in [0.25, 0.3) is 0 Å². The van der Waals surface area contributed by atoms with Crippen LogP contribution in [0.15, 0.2) is 42.5 Å². The van der Waals surface area contributed by atoms with E-state index < -0.39 is 0 Å². The van der Waals surface area contributed by atoms with Gasteiger partial charge < -0.3 is 15.2 Å². The van der Waals surface area contributed by atoms with Crippen LogP contribution < -0.4 is 10.5 Å². The van der Waals surface area contributed by atoms with Crippen LogP contribution in [0.4, 0.5) is 5.69 Å². The first kappa shape index (κ1) is 13.7. The van der Waals surface area contributed by atoms with Gasteiger partial charge in [0.15, 0.2) is 0 Å². The lowest BCUT2D eigenvalue weighted by Crippen LogP contribution is -1.98. The van der Waals surface area contributed by atoms with Crippen LogP contribution in [-0.4, -0.2) is 7.11 Å².